The highest BCUT2D eigenvalue weighted by Gasteiger charge is 2.42. The van der Waals surface area contributed by atoms with Crippen LogP contribution in [0.1, 0.15) is 35.7 Å². The summed E-state index contributed by atoms with van der Waals surface area (Å²) in [6.07, 6.45) is 1.78. The Labute approximate surface area is 148 Å². The van der Waals surface area contributed by atoms with Crippen molar-refractivity contribution >= 4 is 16.9 Å². The van der Waals surface area contributed by atoms with Crippen LogP contribution in [-0.4, -0.2) is 33.4 Å². The van der Waals surface area contributed by atoms with Crippen LogP contribution in [0.3, 0.4) is 0 Å². The molecule has 4 nitrogen and oxygen atoms in total. The number of imidazole rings is 1. The zero-order valence-electron chi connectivity index (χ0n) is 14.9. The topological polar surface area (TPSA) is 38.1 Å². The van der Waals surface area contributed by atoms with Crippen molar-refractivity contribution in [1.82, 2.24) is 14.5 Å². The van der Waals surface area contributed by atoms with E-state index in [4.69, 9.17) is 0 Å². The van der Waals surface area contributed by atoms with Crippen molar-refractivity contribution in [3.05, 3.63) is 66.0 Å². The van der Waals surface area contributed by atoms with Crippen LogP contribution in [0.15, 0.2) is 54.9 Å². The van der Waals surface area contributed by atoms with Gasteiger partial charge in [-0.2, -0.15) is 0 Å². The molecule has 1 aliphatic heterocycles. The lowest BCUT2D eigenvalue weighted by molar-refractivity contribution is 0.0778. The predicted octanol–water partition coefficient (Wildman–Crippen LogP) is 3.84. The SMILES string of the molecule is Cn1cnc2cc(C(=O)N3C[C@@H](c4ccccc4)C(C)(C)C3)ccc21. The van der Waals surface area contributed by atoms with Gasteiger partial charge in [0, 0.05) is 31.6 Å². The van der Waals surface area contributed by atoms with Gasteiger partial charge in [-0.05, 0) is 29.2 Å². The lowest BCUT2D eigenvalue weighted by Crippen LogP contribution is -2.30. The Morgan fingerprint density at radius 1 is 1.16 bits per heavy atom. The van der Waals surface area contributed by atoms with Crippen molar-refractivity contribution < 1.29 is 4.79 Å². The van der Waals surface area contributed by atoms with Gasteiger partial charge >= 0.3 is 0 Å². The molecule has 25 heavy (non-hydrogen) atoms. The van der Waals surface area contributed by atoms with Crippen molar-refractivity contribution in [3.63, 3.8) is 0 Å². The van der Waals surface area contributed by atoms with Crippen molar-refractivity contribution in [2.75, 3.05) is 13.1 Å². The summed E-state index contributed by atoms with van der Waals surface area (Å²) >= 11 is 0. The maximum atomic E-state index is 13.1. The minimum Gasteiger partial charge on any atom is -0.337 e. The number of fused-ring (bicyclic) bond motifs is 1. The quantitative estimate of drug-likeness (QED) is 0.715. The smallest absolute Gasteiger partial charge is 0.253 e. The molecule has 1 fully saturated rings. The molecule has 2 heterocycles. The summed E-state index contributed by atoms with van der Waals surface area (Å²) in [5.74, 6) is 0.454. The second-order valence-corrected chi connectivity index (χ2v) is 7.70. The molecule has 4 rings (SSSR count). The number of likely N-dealkylation sites (tertiary alicyclic amines) is 1. The molecule has 1 atom stereocenters. The van der Waals surface area contributed by atoms with E-state index in [2.05, 4.69) is 43.1 Å². The summed E-state index contributed by atoms with van der Waals surface area (Å²) in [6.45, 7) is 6.03. The van der Waals surface area contributed by atoms with Gasteiger partial charge in [0.25, 0.3) is 5.91 Å². The number of nitrogens with zero attached hydrogens (tertiary/aromatic N) is 3. The van der Waals surface area contributed by atoms with Crippen LogP contribution in [0.5, 0.6) is 0 Å². The second-order valence-electron chi connectivity index (χ2n) is 7.70. The van der Waals surface area contributed by atoms with Crippen LogP contribution in [0.4, 0.5) is 0 Å². The maximum absolute atomic E-state index is 13.1. The van der Waals surface area contributed by atoms with Crippen molar-refractivity contribution in [1.29, 1.82) is 0 Å². The zero-order valence-corrected chi connectivity index (χ0v) is 14.9. The minimum atomic E-state index is 0.0616. The Hall–Kier alpha value is -2.62. The van der Waals surface area contributed by atoms with E-state index in [1.165, 1.54) is 5.56 Å². The van der Waals surface area contributed by atoms with E-state index < -0.39 is 0 Å². The van der Waals surface area contributed by atoms with Gasteiger partial charge < -0.3 is 9.47 Å². The normalized spacial score (nSPS) is 19.5. The van der Waals surface area contributed by atoms with Crippen LogP contribution in [0.2, 0.25) is 0 Å². The molecular weight excluding hydrogens is 310 g/mol. The highest BCUT2D eigenvalue weighted by Crippen LogP contribution is 2.42. The first-order valence-corrected chi connectivity index (χ1v) is 8.71. The number of benzene rings is 2. The monoisotopic (exact) mass is 333 g/mol. The number of aryl methyl sites for hydroxylation is 1. The van der Waals surface area contributed by atoms with Gasteiger partial charge in [0.2, 0.25) is 0 Å². The average molecular weight is 333 g/mol. The lowest BCUT2D eigenvalue weighted by atomic mass is 9.78. The lowest BCUT2D eigenvalue weighted by Gasteiger charge is -2.25. The number of carbonyl (C=O) groups excluding carboxylic acids is 1. The molecule has 0 spiro atoms. The molecule has 1 aliphatic rings. The molecule has 1 saturated heterocycles. The van der Waals surface area contributed by atoms with Gasteiger partial charge in [-0.1, -0.05) is 44.2 Å². The van der Waals surface area contributed by atoms with E-state index in [1.807, 2.05) is 40.8 Å². The zero-order chi connectivity index (χ0) is 17.6. The van der Waals surface area contributed by atoms with Crippen LogP contribution in [-0.2, 0) is 7.05 Å². The molecule has 0 radical (unpaired) electrons. The number of hydrogen-bond acceptors (Lipinski definition) is 2. The summed E-state index contributed by atoms with van der Waals surface area (Å²) < 4.78 is 1.97. The van der Waals surface area contributed by atoms with Crippen molar-refractivity contribution in [2.45, 2.75) is 19.8 Å². The molecule has 0 aliphatic carbocycles. The summed E-state index contributed by atoms with van der Waals surface area (Å²) in [4.78, 5) is 19.4. The van der Waals surface area contributed by atoms with E-state index in [-0.39, 0.29) is 11.3 Å². The second kappa shape index (κ2) is 5.73. The molecule has 1 aromatic heterocycles. The van der Waals surface area contributed by atoms with E-state index in [0.717, 1.165) is 29.7 Å². The van der Waals surface area contributed by atoms with E-state index >= 15 is 0 Å². The van der Waals surface area contributed by atoms with Gasteiger partial charge in [0.1, 0.15) is 0 Å². The van der Waals surface area contributed by atoms with Crippen molar-refractivity contribution in [2.24, 2.45) is 12.5 Å². The first-order valence-electron chi connectivity index (χ1n) is 8.71. The number of rotatable bonds is 2. The number of hydrogen-bond donors (Lipinski definition) is 0. The summed E-state index contributed by atoms with van der Waals surface area (Å²) in [5.41, 5.74) is 4.00. The van der Waals surface area contributed by atoms with Gasteiger partial charge in [-0.25, -0.2) is 4.98 Å². The highest BCUT2D eigenvalue weighted by molar-refractivity contribution is 5.97. The molecule has 1 amide bonds. The summed E-state index contributed by atoms with van der Waals surface area (Å²) in [5, 5.41) is 0. The molecule has 0 unspecified atom stereocenters. The maximum Gasteiger partial charge on any atom is 0.253 e. The van der Waals surface area contributed by atoms with Gasteiger partial charge in [-0.3, -0.25) is 4.79 Å². The number of carbonyl (C=O) groups is 1. The largest absolute Gasteiger partial charge is 0.337 e. The predicted molar refractivity (Wildman–Crippen MR) is 99.6 cm³/mol. The van der Waals surface area contributed by atoms with Gasteiger partial charge in [0.15, 0.2) is 0 Å². The molecule has 0 bridgehead atoms. The Morgan fingerprint density at radius 2 is 1.92 bits per heavy atom. The Morgan fingerprint density at radius 3 is 2.68 bits per heavy atom. The summed E-state index contributed by atoms with van der Waals surface area (Å²) in [7, 11) is 1.96. The first-order chi connectivity index (χ1) is 12.0. The summed E-state index contributed by atoms with van der Waals surface area (Å²) in [6, 6.07) is 16.3. The third kappa shape index (κ3) is 2.72. The minimum absolute atomic E-state index is 0.0616. The van der Waals surface area contributed by atoms with Crippen LogP contribution in [0, 0.1) is 5.41 Å². The van der Waals surface area contributed by atoms with E-state index in [1.54, 1.807) is 6.33 Å². The average Bonchev–Trinajstić information content (AvgIpc) is 3.14. The van der Waals surface area contributed by atoms with Crippen LogP contribution in [0.25, 0.3) is 11.0 Å². The van der Waals surface area contributed by atoms with E-state index in [0.29, 0.717) is 5.92 Å². The molecular formula is C21H23N3O. The molecule has 4 heteroatoms. The molecule has 128 valence electrons. The molecule has 0 saturated carbocycles. The number of aromatic nitrogens is 2. The fourth-order valence-electron chi connectivity index (χ4n) is 3.98. The van der Waals surface area contributed by atoms with Crippen molar-refractivity contribution in [3.8, 4) is 0 Å². The third-order valence-electron chi connectivity index (χ3n) is 5.41. The molecule has 0 N–H and O–H groups in total. The fraction of sp³-hybridized carbons (Fsp3) is 0.333. The fourth-order valence-corrected chi connectivity index (χ4v) is 3.98. The molecule has 3 aromatic rings. The van der Waals surface area contributed by atoms with Crippen LogP contribution >= 0.6 is 0 Å². The Bertz CT molecular complexity index is 927. The van der Waals surface area contributed by atoms with Crippen LogP contribution < -0.4 is 0 Å². The van der Waals surface area contributed by atoms with Gasteiger partial charge in [0.05, 0.1) is 17.4 Å². The Kier molecular flexibility index (Phi) is 3.64. The van der Waals surface area contributed by atoms with Gasteiger partial charge in [-0.15, -0.1) is 0 Å². The molecule has 2 aromatic carbocycles. The third-order valence-corrected chi connectivity index (χ3v) is 5.41. The standard InChI is InChI=1S/C21H23N3O/c1-21(2)13-24(12-17(21)15-7-5-4-6-8-15)20(25)16-9-10-19-18(11-16)22-14-23(19)3/h4-11,14,17H,12-13H2,1-3H3/t17-/m0/s1. The Balaban J connectivity index is 1.62. The van der Waals surface area contributed by atoms with E-state index in [9.17, 15) is 4.79 Å². The highest BCUT2D eigenvalue weighted by atomic mass is 16.2. The number of amides is 1. The first kappa shape index (κ1) is 15.9.